The van der Waals surface area contributed by atoms with E-state index in [1.54, 1.807) is 0 Å². The smallest absolute Gasteiger partial charge is 0.121 e. The minimum absolute atomic E-state index is 0.513. The first-order valence-corrected chi connectivity index (χ1v) is 6.17. The molecule has 0 radical (unpaired) electrons. The third kappa shape index (κ3) is 2.38. The summed E-state index contributed by atoms with van der Waals surface area (Å²) in [6.07, 6.45) is 3.48. The van der Waals surface area contributed by atoms with Gasteiger partial charge in [0.2, 0.25) is 0 Å². The summed E-state index contributed by atoms with van der Waals surface area (Å²) in [4.78, 5) is 0. The number of phenolic OH excluding ortho intramolecular Hbond substituents is 1. The van der Waals surface area contributed by atoms with E-state index in [1.807, 2.05) is 13.8 Å². The Morgan fingerprint density at radius 3 is 2.62 bits per heavy atom. The van der Waals surface area contributed by atoms with Crippen molar-refractivity contribution >= 4 is 0 Å². The molecule has 1 heterocycles. The van der Waals surface area contributed by atoms with Crippen molar-refractivity contribution in [3.05, 3.63) is 28.8 Å². The van der Waals surface area contributed by atoms with Crippen LogP contribution in [0.1, 0.15) is 29.5 Å². The van der Waals surface area contributed by atoms with Gasteiger partial charge in [-0.25, -0.2) is 0 Å². The second kappa shape index (κ2) is 4.88. The molecule has 0 saturated carbocycles. The molecule has 0 amide bonds. The van der Waals surface area contributed by atoms with Gasteiger partial charge < -0.3 is 10.4 Å². The van der Waals surface area contributed by atoms with E-state index in [9.17, 15) is 5.11 Å². The minimum atomic E-state index is 0.513. The van der Waals surface area contributed by atoms with Crippen LogP contribution in [0.3, 0.4) is 0 Å². The molecule has 88 valence electrons. The zero-order chi connectivity index (χ0) is 11.5. The van der Waals surface area contributed by atoms with Crippen molar-refractivity contribution in [2.45, 2.75) is 33.1 Å². The van der Waals surface area contributed by atoms with E-state index in [0.717, 1.165) is 36.6 Å². The lowest BCUT2D eigenvalue weighted by Gasteiger charge is -2.23. The van der Waals surface area contributed by atoms with E-state index < -0.39 is 0 Å². The molecule has 0 spiro atoms. The zero-order valence-corrected chi connectivity index (χ0v) is 10.2. The number of nitrogens with one attached hydrogen (secondary N) is 1. The first kappa shape index (κ1) is 11.5. The molecule has 2 heteroatoms. The summed E-state index contributed by atoms with van der Waals surface area (Å²) in [5.74, 6) is 1.24. The molecule has 1 aliphatic heterocycles. The van der Waals surface area contributed by atoms with Gasteiger partial charge in [0.05, 0.1) is 0 Å². The van der Waals surface area contributed by atoms with Gasteiger partial charge in [-0.15, -0.1) is 0 Å². The van der Waals surface area contributed by atoms with Crippen molar-refractivity contribution in [3.63, 3.8) is 0 Å². The molecule has 1 fully saturated rings. The molecule has 16 heavy (non-hydrogen) atoms. The van der Waals surface area contributed by atoms with Gasteiger partial charge in [-0.2, -0.15) is 0 Å². The van der Waals surface area contributed by atoms with Crippen LogP contribution in [-0.2, 0) is 6.42 Å². The molecular formula is C14H21NO. The standard InChI is InChI=1S/C14H21NO/c1-10-3-4-13(14(16)11(10)2)9-12-5-7-15-8-6-12/h3-4,12,15-16H,5-9H2,1-2H3. The van der Waals surface area contributed by atoms with Gasteiger partial charge in [-0.1, -0.05) is 12.1 Å². The van der Waals surface area contributed by atoms with Gasteiger partial charge in [0.15, 0.2) is 0 Å². The molecule has 0 aliphatic carbocycles. The summed E-state index contributed by atoms with van der Waals surface area (Å²) in [6.45, 7) is 6.28. The molecule has 2 rings (SSSR count). The Kier molecular flexibility index (Phi) is 3.49. The van der Waals surface area contributed by atoms with Gasteiger partial charge in [0, 0.05) is 0 Å². The zero-order valence-electron chi connectivity index (χ0n) is 10.2. The molecule has 0 bridgehead atoms. The normalized spacial score (nSPS) is 17.6. The number of piperidine rings is 1. The summed E-state index contributed by atoms with van der Waals surface area (Å²) >= 11 is 0. The van der Waals surface area contributed by atoms with E-state index in [-0.39, 0.29) is 0 Å². The molecule has 2 N–H and O–H groups in total. The van der Waals surface area contributed by atoms with E-state index in [0.29, 0.717) is 5.75 Å². The van der Waals surface area contributed by atoms with Crippen LogP contribution in [0, 0.1) is 19.8 Å². The Hall–Kier alpha value is -1.02. The van der Waals surface area contributed by atoms with Crippen LogP contribution in [0.4, 0.5) is 0 Å². The van der Waals surface area contributed by atoms with Crippen molar-refractivity contribution < 1.29 is 5.11 Å². The summed E-state index contributed by atoms with van der Waals surface area (Å²) < 4.78 is 0. The highest BCUT2D eigenvalue weighted by atomic mass is 16.3. The average Bonchev–Trinajstić information content (AvgIpc) is 2.31. The molecule has 0 atom stereocenters. The molecule has 1 aromatic carbocycles. The maximum absolute atomic E-state index is 10.1. The molecule has 1 aromatic rings. The highest BCUT2D eigenvalue weighted by molar-refractivity contribution is 5.44. The van der Waals surface area contributed by atoms with Crippen molar-refractivity contribution in [2.24, 2.45) is 5.92 Å². The molecule has 0 unspecified atom stereocenters. The highest BCUT2D eigenvalue weighted by Gasteiger charge is 2.16. The summed E-state index contributed by atoms with van der Waals surface area (Å²) in [5, 5.41) is 13.5. The van der Waals surface area contributed by atoms with Crippen LogP contribution < -0.4 is 5.32 Å². The van der Waals surface area contributed by atoms with E-state index in [1.165, 1.54) is 18.4 Å². The van der Waals surface area contributed by atoms with Crippen molar-refractivity contribution in [3.8, 4) is 5.75 Å². The van der Waals surface area contributed by atoms with Gasteiger partial charge >= 0.3 is 0 Å². The lowest BCUT2D eigenvalue weighted by molar-refractivity contribution is 0.366. The van der Waals surface area contributed by atoms with Crippen LogP contribution >= 0.6 is 0 Å². The molecule has 2 nitrogen and oxygen atoms in total. The lowest BCUT2D eigenvalue weighted by Crippen LogP contribution is -2.28. The summed E-state index contributed by atoms with van der Waals surface area (Å²) in [7, 11) is 0. The predicted octanol–water partition coefficient (Wildman–Crippen LogP) is 2.55. The maximum Gasteiger partial charge on any atom is 0.121 e. The monoisotopic (exact) mass is 219 g/mol. The number of phenols is 1. The molecule has 1 saturated heterocycles. The number of hydrogen-bond acceptors (Lipinski definition) is 2. The van der Waals surface area contributed by atoms with E-state index >= 15 is 0 Å². The van der Waals surface area contributed by atoms with Crippen LogP contribution in [0.2, 0.25) is 0 Å². The van der Waals surface area contributed by atoms with Crippen LogP contribution in [-0.4, -0.2) is 18.2 Å². The van der Waals surface area contributed by atoms with Crippen molar-refractivity contribution in [1.82, 2.24) is 5.32 Å². The largest absolute Gasteiger partial charge is 0.507 e. The van der Waals surface area contributed by atoms with Gasteiger partial charge in [0.25, 0.3) is 0 Å². The fourth-order valence-corrected chi connectivity index (χ4v) is 2.42. The van der Waals surface area contributed by atoms with E-state index in [2.05, 4.69) is 17.4 Å². The summed E-state index contributed by atoms with van der Waals surface area (Å²) in [5.41, 5.74) is 3.33. The Bertz CT molecular complexity index is 367. The first-order valence-electron chi connectivity index (χ1n) is 6.17. The SMILES string of the molecule is Cc1ccc(CC2CCNCC2)c(O)c1C. The van der Waals surface area contributed by atoms with E-state index in [4.69, 9.17) is 0 Å². The topological polar surface area (TPSA) is 32.3 Å². The van der Waals surface area contributed by atoms with Gasteiger partial charge in [-0.05, 0) is 68.8 Å². The third-order valence-corrected chi connectivity index (χ3v) is 3.75. The molecular weight excluding hydrogens is 198 g/mol. The quantitative estimate of drug-likeness (QED) is 0.801. The average molecular weight is 219 g/mol. The Morgan fingerprint density at radius 1 is 1.25 bits per heavy atom. The van der Waals surface area contributed by atoms with Gasteiger partial charge in [-0.3, -0.25) is 0 Å². The van der Waals surface area contributed by atoms with Gasteiger partial charge in [0.1, 0.15) is 5.75 Å². The fourth-order valence-electron chi connectivity index (χ4n) is 2.42. The number of benzene rings is 1. The Morgan fingerprint density at radius 2 is 1.94 bits per heavy atom. The second-order valence-corrected chi connectivity index (χ2v) is 4.91. The molecule has 1 aliphatic rings. The first-order chi connectivity index (χ1) is 7.68. The number of hydrogen-bond donors (Lipinski definition) is 2. The number of aryl methyl sites for hydroxylation is 1. The maximum atomic E-state index is 10.1. The van der Waals surface area contributed by atoms with Crippen LogP contribution in [0.25, 0.3) is 0 Å². The lowest BCUT2D eigenvalue weighted by atomic mass is 9.89. The molecule has 0 aromatic heterocycles. The minimum Gasteiger partial charge on any atom is -0.507 e. The van der Waals surface area contributed by atoms with Crippen LogP contribution in [0.15, 0.2) is 12.1 Å². The number of rotatable bonds is 2. The van der Waals surface area contributed by atoms with Crippen molar-refractivity contribution in [2.75, 3.05) is 13.1 Å². The summed E-state index contributed by atoms with van der Waals surface area (Å²) in [6, 6.07) is 4.20. The predicted molar refractivity (Wildman–Crippen MR) is 66.9 cm³/mol. The number of aromatic hydroxyl groups is 1. The van der Waals surface area contributed by atoms with Crippen LogP contribution in [0.5, 0.6) is 5.75 Å². The second-order valence-electron chi connectivity index (χ2n) is 4.91. The fraction of sp³-hybridized carbons (Fsp3) is 0.571. The highest BCUT2D eigenvalue weighted by Crippen LogP contribution is 2.28. The van der Waals surface area contributed by atoms with Crippen molar-refractivity contribution in [1.29, 1.82) is 0 Å². The third-order valence-electron chi connectivity index (χ3n) is 3.75. The Balaban J connectivity index is 2.11. The Labute approximate surface area is 97.7 Å².